The van der Waals surface area contributed by atoms with Crippen molar-refractivity contribution in [2.45, 2.75) is 63.5 Å². The molecule has 0 bridgehead atoms. The van der Waals surface area contributed by atoms with Crippen molar-refractivity contribution in [3.8, 4) is 0 Å². The minimum atomic E-state index is -0.293. The van der Waals surface area contributed by atoms with Crippen LogP contribution in [-0.4, -0.2) is 46.2 Å². The van der Waals surface area contributed by atoms with Gasteiger partial charge in [0.15, 0.2) is 0 Å². The number of hydrogen-bond acceptors (Lipinski definition) is 4. The van der Waals surface area contributed by atoms with E-state index in [1.807, 2.05) is 0 Å². The van der Waals surface area contributed by atoms with E-state index < -0.39 is 0 Å². The van der Waals surface area contributed by atoms with Crippen LogP contribution in [0.1, 0.15) is 61.9 Å². The van der Waals surface area contributed by atoms with Gasteiger partial charge in [0.2, 0.25) is 0 Å². The third-order valence-corrected chi connectivity index (χ3v) is 5.04. The van der Waals surface area contributed by atoms with Crippen molar-refractivity contribution in [3.63, 3.8) is 0 Å². The molecule has 6 nitrogen and oxygen atoms in total. The first-order valence-corrected chi connectivity index (χ1v) is 8.83. The van der Waals surface area contributed by atoms with Gasteiger partial charge in [0, 0.05) is 24.7 Å². The van der Waals surface area contributed by atoms with E-state index >= 15 is 0 Å². The van der Waals surface area contributed by atoms with Crippen LogP contribution in [0.15, 0.2) is 16.9 Å². The molecule has 1 saturated carbocycles. The fourth-order valence-electron chi connectivity index (χ4n) is 3.81. The molecule has 0 aromatic carbocycles. The van der Waals surface area contributed by atoms with Gasteiger partial charge in [-0.1, -0.05) is 25.7 Å². The highest BCUT2D eigenvalue weighted by molar-refractivity contribution is 5.92. The Bertz CT molecular complexity index is 558. The Morgan fingerprint density at radius 3 is 2.61 bits per heavy atom. The highest BCUT2D eigenvalue weighted by Gasteiger charge is 2.27. The predicted octanol–water partition coefficient (Wildman–Crippen LogP) is 1.69. The van der Waals surface area contributed by atoms with Gasteiger partial charge in [0.1, 0.15) is 5.69 Å². The Labute approximate surface area is 136 Å². The fourth-order valence-corrected chi connectivity index (χ4v) is 3.81. The van der Waals surface area contributed by atoms with Crippen molar-refractivity contribution < 1.29 is 4.79 Å². The number of carbonyl (C=O) groups is 1. The molecule has 2 N–H and O–H groups in total. The molecule has 1 amide bonds. The Kier molecular flexibility index (Phi) is 5.43. The minimum Gasteiger partial charge on any atom is -0.347 e. The Hall–Kier alpha value is -1.69. The summed E-state index contributed by atoms with van der Waals surface area (Å²) in [5.41, 5.74) is -0.0186. The summed E-state index contributed by atoms with van der Waals surface area (Å²) in [6, 6.07) is 3.66. The Morgan fingerprint density at radius 2 is 1.91 bits per heavy atom. The molecular formula is C17H26N4O2. The summed E-state index contributed by atoms with van der Waals surface area (Å²) in [6.45, 7) is 2.08. The van der Waals surface area contributed by atoms with E-state index in [9.17, 15) is 9.59 Å². The minimum absolute atomic E-state index is 0.174. The van der Waals surface area contributed by atoms with Crippen molar-refractivity contribution in [1.29, 1.82) is 0 Å². The number of piperidine rings is 1. The largest absolute Gasteiger partial charge is 0.347 e. The number of rotatable bonds is 3. The van der Waals surface area contributed by atoms with Crippen LogP contribution in [0, 0.1) is 0 Å². The van der Waals surface area contributed by atoms with Crippen molar-refractivity contribution in [2.24, 2.45) is 0 Å². The highest BCUT2D eigenvalue weighted by atomic mass is 16.2. The van der Waals surface area contributed by atoms with Crippen molar-refractivity contribution in [2.75, 3.05) is 13.1 Å². The molecule has 0 radical (unpaired) electrons. The van der Waals surface area contributed by atoms with Gasteiger partial charge in [-0.15, -0.1) is 0 Å². The number of likely N-dealkylation sites (tertiary alicyclic amines) is 1. The molecule has 1 atom stereocenters. The molecule has 2 aliphatic rings. The quantitative estimate of drug-likeness (QED) is 0.831. The van der Waals surface area contributed by atoms with Crippen LogP contribution < -0.4 is 10.9 Å². The van der Waals surface area contributed by atoms with Crippen LogP contribution in [0.3, 0.4) is 0 Å². The summed E-state index contributed by atoms with van der Waals surface area (Å²) in [5, 5.41) is 9.18. The van der Waals surface area contributed by atoms with Gasteiger partial charge in [-0.2, -0.15) is 5.10 Å². The summed E-state index contributed by atoms with van der Waals surface area (Å²) in [6.07, 6.45) is 10.1. The van der Waals surface area contributed by atoms with Gasteiger partial charge >= 0.3 is 0 Å². The number of nitrogens with one attached hydrogen (secondary N) is 2. The summed E-state index contributed by atoms with van der Waals surface area (Å²) in [5.74, 6) is -0.200. The van der Waals surface area contributed by atoms with Gasteiger partial charge in [0.05, 0.1) is 0 Å². The van der Waals surface area contributed by atoms with Crippen LogP contribution in [0.25, 0.3) is 0 Å². The zero-order chi connectivity index (χ0) is 16.1. The third kappa shape index (κ3) is 4.41. The van der Waals surface area contributed by atoms with E-state index in [0.29, 0.717) is 6.04 Å². The zero-order valence-corrected chi connectivity index (χ0v) is 13.6. The van der Waals surface area contributed by atoms with E-state index in [-0.39, 0.29) is 23.2 Å². The fraction of sp³-hybridized carbons (Fsp3) is 0.706. The number of nitrogens with zero attached hydrogens (tertiary/aromatic N) is 2. The second kappa shape index (κ2) is 7.73. The first-order chi connectivity index (χ1) is 11.2. The summed E-state index contributed by atoms with van der Waals surface area (Å²) >= 11 is 0. The molecule has 1 saturated heterocycles. The van der Waals surface area contributed by atoms with Crippen LogP contribution in [0.2, 0.25) is 0 Å². The number of aromatic nitrogens is 2. The van der Waals surface area contributed by atoms with Crippen molar-refractivity contribution in [1.82, 2.24) is 20.4 Å². The van der Waals surface area contributed by atoms with Gasteiger partial charge in [0.25, 0.3) is 11.5 Å². The first kappa shape index (κ1) is 16.2. The Morgan fingerprint density at radius 1 is 1.13 bits per heavy atom. The number of amides is 1. The van der Waals surface area contributed by atoms with Gasteiger partial charge in [-0.3, -0.25) is 14.5 Å². The maximum Gasteiger partial charge on any atom is 0.271 e. The number of hydrogen-bond donors (Lipinski definition) is 2. The van der Waals surface area contributed by atoms with E-state index in [4.69, 9.17) is 0 Å². The van der Waals surface area contributed by atoms with Crippen LogP contribution in [-0.2, 0) is 0 Å². The maximum absolute atomic E-state index is 12.2. The lowest BCUT2D eigenvalue weighted by Gasteiger charge is -2.38. The first-order valence-electron chi connectivity index (χ1n) is 8.83. The number of H-pyrrole nitrogens is 1. The van der Waals surface area contributed by atoms with Gasteiger partial charge in [-0.25, -0.2) is 5.10 Å². The van der Waals surface area contributed by atoms with E-state index in [0.717, 1.165) is 25.9 Å². The molecule has 1 aromatic heterocycles. The molecule has 23 heavy (non-hydrogen) atoms. The van der Waals surface area contributed by atoms with Crippen LogP contribution in [0.5, 0.6) is 0 Å². The Balaban J connectivity index is 1.56. The smallest absolute Gasteiger partial charge is 0.271 e. The molecule has 1 aromatic rings. The lowest BCUT2D eigenvalue weighted by Crippen LogP contribution is -2.51. The van der Waals surface area contributed by atoms with Crippen LogP contribution in [0.4, 0.5) is 0 Å². The third-order valence-electron chi connectivity index (χ3n) is 5.04. The van der Waals surface area contributed by atoms with E-state index in [2.05, 4.69) is 20.4 Å². The standard InChI is InChI=1S/C17H26N4O2/c22-16-10-9-15(19-20-16)17(23)18-13-6-5-11-21(12-13)14-7-3-1-2-4-8-14/h9-10,13-14H,1-8,11-12H2,(H,18,23)(H,20,22)/t13-/m0/s1. The summed E-state index contributed by atoms with van der Waals surface area (Å²) in [4.78, 5) is 25.8. The maximum atomic E-state index is 12.2. The topological polar surface area (TPSA) is 78.1 Å². The SMILES string of the molecule is O=C(N[C@H]1CCCN(C2CCCCCC2)C1)c1ccc(=O)[nH]n1. The van der Waals surface area contributed by atoms with Gasteiger partial charge in [-0.05, 0) is 38.3 Å². The average molecular weight is 318 g/mol. The normalized spacial score (nSPS) is 24.1. The summed E-state index contributed by atoms with van der Waals surface area (Å²) < 4.78 is 0. The molecule has 1 aliphatic heterocycles. The van der Waals surface area contributed by atoms with E-state index in [1.54, 1.807) is 0 Å². The predicted molar refractivity (Wildman–Crippen MR) is 88.4 cm³/mol. The summed E-state index contributed by atoms with van der Waals surface area (Å²) in [7, 11) is 0. The molecule has 0 spiro atoms. The molecule has 126 valence electrons. The molecule has 1 aliphatic carbocycles. The lowest BCUT2D eigenvalue weighted by atomic mass is 10.00. The van der Waals surface area contributed by atoms with E-state index in [1.165, 1.54) is 50.7 Å². The molecule has 3 rings (SSSR count). The molecule has 2 heterocycles. The van der Waals surface area contributed by atoms with Crippen molar-refractivity contribution in [3.05, 3.63) is 28.2 Å². The molecule has 0 unspecified atom stereocenters. The second-order valence-electron chi connectivity index (χ2n) is 6.76. The van der Waals surface area contributed by atoms with Crippen molar-refractivity contribution >= 4 is 5.91 Å². The van der Waals surface area contributed by atoms with Gasteiger partial charge < -0.3 is 5.32 Å². The number of aromatic amines is 1. The monoisotopic (exact) mass is 318 g/mol. The highest BCUT2D eigenvalue weighted by Crippen LogP contribution is 2.24. The van der Waals surface area contributed by atoms with Crippen LogP contribution >= 0.6 is 0 Å². The second-order valence-corrected chi connectivity index (χ2v) is 6.76. The average Bonchev–Trinajstić information content (AvgIpc) is 2.85. The molecule has 2 fully saturated rings. The number of carbonyl (C=O) groups excluding carboxylic acids is 1. The lowest BCUT2D eigenvalue weighted by molar-refractivity contribution is 0.0855. The molecule has 6 heteroatoms. The molecular weight excluding hydrogens is 292 g/mol. The zero-order valence-electron chi connectivity index (χ0n) is 13.6.